The SMILES string of the molecule is CCCCCCCCCCCCCCCCC([O])OCC. The lowest BCUT2D eigenvalue weighted by atomic mass is 10.0. The zero-order chi connectivity index (χ0) is 15.6. The van der Waals surface area contributed by atoms with Gasteiger partial charge in [-0.05, 0) is 13.3 Å². The van der Waals surface area contributed by atoms with Gasteiger partial charge in [0.25, 0.3) is 0 Å². The van der Waals surface area contributed by atoms with Crippen LogP contribution in [0.3, 0.4) is 0 Å². The van der Waals surface area contributed by atoms with E-state index in [4.69, 9.17) is 4.74 Å². The monoisotopic (exact) mass is 299 g/mol. The van der Waals surface area contributed by atoms with Gasteiger partial charge in [-0.1, -0.05) is 90.4 Å². The summed E-state index contributed by atoms with van der Waals surface area (Å²) >= 11 is 0. The molecule has 0 bridgehead atoms. The second-order valence-electron chi connectivity index (χ2n) is 6.27. The van der Waals surface area contributed by atoms with Gasteiger partial charge < -0.3 is 4.74 Å². The van der Waals surface area contributed by atoms with E-state index >= 15 is 0 Å². The smallest absolute Gasteiger partial charge is 0.191 e. The predicted octanol–water partition coefficient (Wildman–Crippen LogP) is 6.65. The first-order chi connectivity index (χ1) is 10.3. The van der Waals surface area contributed by atoms with Crippen molar-refractivity contribution < 1.29 is 9.84 Å². The molecule has 0 aliphatic rings. The van der Waals surface area contributed by atoms with Crippen molar-refractivity contribution >= 4 is 0 Å². The van der Waals surface area contributed by atoms with Crippen LogP contribution in [0.4, 0.5) is 0 Å². The van der Waals surface area contributed by atoms with E-state index < -0.39 is 6.29 Å². The van der Waals surface area contributed by atoms with Crippen LogP contribution >= 0.6 is 0 Å². The Kier molecular flexibility index (Phi) is 17.9. The van der Waals surface area contributed by atoms with Gasteiger partial charge in [-0.25, -0.2) is 5.11 Å². The van der Waals surface area contributed by atoms with E-state index in [1.165, 1.54) is 83.5 Å². The Morgan fingerprint density at radius 3 is 1.38 bits per heavy atom. The molecule has 2 nitrogen and oxygen atoms in total. The van der Waals surface area contributed by atoms with E-state index in [1.54, 1.807) is 0 Å². The minimum atomic E-state index is -0.785. The van der Waals surface area contributed by atoms with Crippen LogP contribution < -0.4 is 0 Å². The molecule has 0 aromatic heterocycles. The molecule has 0 saturated heterocycles. The highest BCUT2D eigenvalue weighted by molar-refractivity contribution is 4.50. The van der Waals surface area contributed by atoms with Crippen LogP contribution in [-0.4, -0.2) is 12.9 Å². The van der Waals surface area contributed by atoms with Gasteiger partial charge in [-0.15, -0.1) is 0 Å². The third-order valence-corrected chi connectivity index (χ3v) is 4.15. The number of ether oxygens (including phenoxy) is 1. The highest BCUT2D eigenvalue weighted by Gasteiger charge is 2.03. The van der Waals surface area contributed by atoms with Crippen molar-refractivity contribution in [1.82, 2.24) is 0 Å². The molecule has 0 heterocycles. The topological polar surface area (TPSA) is 29.1 Å². The third kappa shape index (κ3) is 17.9. The summed E-state index contributed by atoms with van der Waals surface area (Å²) in [4.78, 5) is 0. The lowest BCUT2D eigenvalue weighted by molar-refractivity contribution is -0.140. The van der Waals surface area contributed by atoms with E-state index in [0.29, 0.717) is 13.0 Å². The Morgan fingerprint density at radius 1 is 0.619 bits per heavy atom. The fraction of sp³-hybridized carbons (Fsp3) is 1.00. The molecule has 0 aliphatic heterocycles. The summed E-state index contributed by atoms with van der Waals surface area (Å²) in [6, 6.07) is 0. The summed E-state index contributed by atoms with van der Waals surface area (Å²) in [7, 11) is 0. The molecule has 0 amide bonds. The fourth-order valence-electron chi connectivity index (χ4n) is 2.77. The zero-order valence-electron chi connectivity index (χ0n) is 14.7. The van der Waals surface area contributed by atoms with Crippen LogP contribution in [0, 0.1) is 0 Å². The van der Waals surface area contributed by atoms with E-state index in [2.05, 4.69) is 6.92 Å². The van der Waals surface area contributed by atoms with Crippen molar-refractivity contribution in [3.63, 3.8) is 0 Å². The third-order valence-electron chi connectivity index (χ3n) is 4.15. The number of hydrogen-bond acceptors (Lipinski definition) is 1. The molecule has 1 radical (unpaired) electrons. The molecule has 21 heavy (non-hydrogen) atoms. The zero-order valence-corrected chi connectivity index (χ0v) is 14.7. The quantitative estimate of drug-likeness (QED) is 0.218. The van der Waals surface area contributed by atoms with E-state index in [9.17, 15) is 5.11 Å². The Balaban J connectivity index is 2.99. The second kappa shape index (κ2) is 18.0. The molecule has 0 N–H and O–H groups in total. The molecule has 0 rings (SSSR count). The Labute approximate surface area is 133 Å². The van der Waals surface area contributed by atoms with E-state index in [1.807, 2.05) is 6.92 Å². The maximum Gasteiger partial charge on any atom is 0.191 e. The molecule has 2 heteroatoms. The van der Waals surface area contributed by atoms with Crippen molar-refractivity contribution in [2.24, 2.45) is 0 Å². The number of unbranched alkanes of at least 4 members (excludes halogenated alkanes) is 13. The maximum absolute atomic E-state index is 11.2. The molecule has 127 valence electrons. The average molecular weight is 300 g/mol. The lowest BCUT2D eigenvalue weighted by Crippen LogP contribution is -2.09. The summed E-state index contributed by atoms with van der Waals surface area (Å²) in [5, 5.41) is 11.2. The highest BCUT2D eigenvalue weighted by atomic mass is 16.6. The largest absolute Gasteiger partial charge is 0.350 e. The van der Waals surface area contributed by atoms with E-state index in [-0.39, 0.29) is 0 Å². The van der Waals surface area contributed by atoms with Crippen LogP contribution in [0.15, 0.2) is 0 Å². The van der Waals surface area contributed by atoms with Gasteiger partial charge >= 0.3 is 0 Å². The molecular formula is C19H39O2. The number of hydrogen-bond donors (Lipinski definition) is 0. The summed E-state index contributed by atoms with van der Waals surface area (Å²) in [5.74, 6) is 0. The summed E-state index contributed by atoms with van der Waals surface area (Å²) < 4.78 is 5.00. The number of rotatable bonds is 17. The van der Waals surface area contributed by atoms with E-state index in [0.717, 1.165) is 6.42 Å². The van der Waals surface area contributed by atoms with Crippen molar-refractivity contribution in [1.29, 1.82) is 0 Å². The minimum absolute atomic E-state index is 0.548. The second-order valence-corrected chi connectivity index (χ2v) is 6.27. The van der Waals surface area contributed by atoms with Gasteiger partial charge in [0.2, 0.25) is 0 Å². The Hall–Kier alpha value is -0.0800. The van der Waals surface area contributed by atoms with Crippen molar-refractivity contribution in [3.05, 3.63) is 0 Å². The van der Waals surface area contributed by atoms with Crippen LogP contribution in [0.1, 0.15) is 110 Å². The molecule has 0 aromatic carbocycles. The first kappa shape index (κ1) is 20.9. The summed E-state index contributed by atoms with van der Waals surface area (Å²) in [6.45, 7) is 4.71. The summed E-state index contributed by atoms with van der Waals surface area (Å²) in [5.41, 5.74) is 0. The predicted molar refractivity (Wildman–Crippen MR) is 91.0 cm³/mol. The summed E-state index contributed by atoms with van der Waals surface area (Å²) in [6.07, 6.45) is 18.9. The van der Waals surface area contributed by atoms with Crippen LogP contribution in [0.2, 0.25) is 0 Å². The van der Waals surface area contributed by atoms with Crippen LogP contribution in [0.5, 0.6) is 0 Å². The van der Waals surface area contributed by atoms with Gasteiger partial charge in [0, 0.05) is 13.0 Å². The fourth-order valence-corrected chi connectivity index (χ4v) is 2.77. The van der Waals surface area contributed by atoms with Gasteiger partial charge in [0.15, 0.2) is 6.29 Å². The first-order valence-electron chi connectivity index (χ1n) is 9.58. The van der Waals surface area contributed by atoms with Crippen molar-refractivity contribution in [2.45, 2.75) is 116 Å². The first-order valence-corrected chi connectivity index (χ1v) is 9.58. The van der Waals surface area contributed by atoms with Crippen molar-refractivity contribution in [2.75, 3.05) is 6.61 Å². The normalized spacial score (nSPS) is 12.7. The molecule has 0 aromatic rings. The molecular weight excluding hydrogens is 260 g/mol. The lowest BCUT2D eigenvalue weighted by Gasteiger charge is -2.07. The Bertz CT molecular complexity index is 182. The molecule has 0 fully saturated rings. The van der Waals surface area contributed by atoms with Crippen LogP contribution in [-0.2, 0) is 9.84 Å². The van der Waals surface area contributed by atoms with Gasteiger partial charge in [-0.3, -0.25) is 0 Å². The Morgan fingerprint density at radius 2 is 1.00 bits per heavy atom. The highest BCUT2D eigenvalue weighted by Crippen LogP contribution is 2.13. The van der Waals surface area contributed by atoms with Crippen molar-refractivity contribution in [3.8, 4) is 0 Å². The standard InChI is InChI=1S/C19H39O2/c1-3-5-6-7-8-9-10-11-12-13-14-15-16-17-18-19(20)21-4-2/h19H,3-18H2,1-2H3. The molecule has 0 spiro atoms. The van der Waals surface area contributed by atoms with Gasteiger partial charge in [0.1, 0.15) is 0 Å². The average Bonchev–Trinajstić information content (AvgIpc) is 2.48. The molecule has 0 saturated carbocycles. The van der Waals surface area contributed by atoms with Gasteiger partial charge in [-0.2, -0.15) is 0 Å². The van der Waals surface area contributed by atoms with Crippen LogP contribution in [0.25, 0.3) is 0 Å². The molecule has 1 atom stereocenters. The maximum atomic E-state index is 11.2. The molecule has 1 unspecified atom stereocenters. The molecule has 0 aliphatic carbocycles. The van der Waals surface area contributed by atoms with Gasteiger partial charge in [0.05, 0.1) is 0 Å². The minimum Gasteiger partial charge on any atom is -0.350 e.